The third-order valence-electron chi connectivity index (χ3n) is 3.14. The fraction of sp³-hybridized carbons (Fsp3) is 0.0588. The van der Waals surface area contributed by atoms with E-state index in [1.165, 1.54) is 31.4 Å². The van der Waals surface area contributed by atoms with Crippen LogP contribution in [0.4, 0.5) is 11.4 Å². The molecular weight excluding hydrogens is 312 g/mol. The summed E-state index contributed by atoms with van der Waals surface area (Å²) in [5, 5.41) is 13.5. The van der Waals surface area contributed by atoms with E-state index in [0.29, 0.717) is 11.3 Å². The van der Waals surface area contributed by atoms with Gasteiger partial charge in [-0.1, -0.05) is 24.3 Å². The number of ether oxygens (including phenoxy) is 1. The molecule has 0 aromatic heterocycles. The van der Waals surface area contributed by atoms with Crippen LogP contribution >= 0.6 is 0 Å². The number of methoxy groups -OCH3 is 1. The smallest absolute Gasteiger partial charge is 0.339 e. The maximum Gasteiger partial charge on any atom is 0.339 e. The van der Waals surface area contributed by atoms with Crippen LogP contribution in [0.25, 0.3) is 6.08 Å². The van der Waals surface area contributed by atoms with Gasteiger partial charge in [0.1, 0.15) is 0 Å². The van der Waals surface area contributed by atoms with Gasteiger partial charge in [0.05, 0.1) is 28.8 Å². The van der Waals surface area contributed by atoms with Crippen molar-refractivity contribution in [3.05, 3.63) is 75.8 Å². The van der Waals surface area contributed by atoms with E-state index >= 15 is 0 Å². The SMILES string of the molecule is COC(=O)c1ccccc1NC(=O)/C=C/c1ccccc1[N+](=O)[O-]. The molecule has 2 aromatic carbocycles. The molecule has 0 unspecified atom stereocenters. The molecule has 24 heavy (non-hydrogen) atoms. The molecule has 0 saturated carbocycles. The molecule has 1 amide bonds. The second-order valence-corrected chi connectivity index (χ2v) is 4.68. The van der Waals surface area contributed by atoms with Gasteiger partial charge in [-0.2, -0.15) is 0 Å². The van der Waals surface area contributed by atoms with Crippen molar-refractivity contribution in [2.45, 2.75) is 0 Å². The van der Waals surface area contributed by atoms with Crippen LogP contribution in [0.2, 0.25) is 0 Å². The lowest BCUT2D eigenvalue weighted by atomic mass is 10.1. The van der Waals surface area contributed by atoms with Gasteiger partial charge < -0.3 is 10.1 Å². The van der Waals surface area contributed by atoms with Crippen molar-refractivity contribution in [3.63, 3.8) is 0 Å². The number of para-hydroxylation sites is 2. The van der Waals surface area contributed by atoms with Crippen LogP contribution in [0.15, 0.2) is 54.6 Å². The van der Waals surface area contributed by atoms with Gasteiger partial charge in [-0.15, -0.1) is 0 Å². The summed E-state index contributed by atoms with van der Waals surface area (Å²) in [6.45, 7) is 0. The average molecular weight is 326 g/mol. The van der Waals surface area contributed by atoms with E-state index in [4.69, 9.17) is 0 Å². The molecule has 0 aliphatic carbocycles. The number of benzene rings is 2. The Hall–Kier alpha value is -3.48. The lowest BCUT2D eigenvalue weighted by Crippen LogP contribution is -2.12. The largest absolute Gasteiger partial charge is 0.465 e. The topological polar surface area (TPSA) is 98.5 Å². The van der Waals surface area contributed by atoms with Crippen molar-refractivity contribution in [1.82, 2.24) is 0 Å². The molecule has 2 aromatic rings. The Balaban J connectivity index is 2.18. The predicted molar refractivity (Wildman–Crippen MR) is 88.5 cm³/mol. The second-order valence-electron chi connectivity index (χ2n) is 4.68. The van der Waals surface area contributed by atoms with Gasteiger partial charge in [-0.25, -0.2) is 4.79 Å². The molecule has 0 radical (unpaired) electrons. The number of nitrogens with zero attached hydrogens (tertiary/aromatic N) is 1. The number of hydrogen-bond donors (Lipinski definition) is 1. The van der Waals surface area contributed by atoms with Gasteiger partial charge in [0.15, 0.2) is 0 Å². The van der Waals surface area contributed by atoms with E-state index < -0.39 is 16.8 Å². The number of amides is 1. The molecule has 0 heterocycles. The summed E-state index contributed by atoms with van der Waals surface area (Å²) in [4.78, 5) is 34.1. The highest BCUT2D eigenvalue weighted by molar-refractivity contribution is 6.06. The summed E-state index contributed by atoms with van der Waals surface area (Å²) < 4.78 is 4.65. The van der Waals surface area contributed by atoms with Gasteiger partial charge in [0.25, 0.3) is 5.69 Å². The van der Waals surface area contributed by atoms with E-state index in [0.717, 1.165) is 6.08 Å². The number of nitro groups is 1. The van der Waals surface area contributed by atoms with Crippen LogP contribution in [0, 0.1) is 10.1 Å². The van der Waals surface area contributed by atoms with E-state index in [1.807, 2.05) is 0 Å². The number of rotatable bonds is 5. The monoisotopic (exact) mass is 326 g/mol. The zero-order valence-electron chi connectivity index (χ0n) is 12.8. The molecular formula is C17H14N2O5. The van der Waals surface area contributed by atoms with Gasteiger partial charge in [0.2, 0.25) is 5.91 Å². The molecule has 7 heteroatoms. The van der Waals surface area contributed by atoms with Crippen LogP contribution in [0.3, 0.4) is 0 Å². The first-order valence-electron chi connectivity index (χ1n) is 6.92. The quantitative estimate of drug-likeness (QED) is 0.394. The number of nitrogens with one attached hydrogen (secondary N) is 1. The highest BCUT2D eigenvalue weighted by Gasteiger charge is 2.13. The third kappa shape index (κ3) is 4.04. The Morgan fingerprint density at radius 1 is 1.12 bits per heavy atom. The van der Waals surface area contributed by atoms with Crippen LogP contribution < -0.4 is 5.32 Å². The van der Waals surface area contributed by atoms with E-state index in [2.05, 4.69) is 10.1 Å². The molecule has 0 bridgehead atoms. The van der Waals surface area contributed by atoms with Crippen LogP contribution in [-0.4, -0.2) is 23.9 Å². The number of esters is 1. The zero-order chi connectivity index (χ0) is 17.5. The fourth-order valence-corrected chi connectivity index (χ4v) is 2.01. The normalized spacial score (nSPS) is 10.4. The van der Waals surface area contributed by atoms with Crippen molar-refractivity contribution < 1.29 is 19.2 Å². The molecule has 1 N–H and O–H groups in total. The second kappa shape index (κ2) is 7.68. The molecule has 0 saturated heterocycles. The summed E-state index contributed by atoms with van der Waals surface area (Å²) in [5.74, 6) is -1.10. The third-order valence-corrected chi connectivity index (χ3v) is 3.14. The average Bonchev–Trinajstić information content (AvgIpc) is 2.60. The Labute approximate surface area is 137 Å². The first kappa shape index (κ1) is 16.9. The number of carbonyl (C=O) groups excluding carboxylic acids is 2. The van der Waals surface area contributed by atoms with Crippen molar-refractivity contribution in [2.24, 2.45) is 0 Å². The molecule has 7 nitrogen and oxygen atoms in total. The van der Waals surface area contributed by atoms with Crippen molar-refractivity contribution in [2.75, 3.05) is 12.4 Å². The van der Waals surface area contributed by atoms with Gasteiger partial charge in [-0.05, 0) is 24.3 Å². The lowest BCUT2D eigenvalue weighted by molar-refractivity contribution is -0.385. The molecule has 2 rings (SSSR count). The van der Waals surface area contributed by atoms with Gasteiger partial charge >= 0.3 is 5.97 Å². The first-order valence-corrected chi connectivity index (χ1v) is 6.92. The van der Waals surface area contributed by atoms with Crippen molar-refractivity contribution >= 4 is 29.3 Å². The first-order chi connectivity index (χ1) is 11.5. The van der Waals surface area contributed by atoms with Gasteiger partial charge in [-0.3, -0.25) is 14.9 Å². The number of hydrogen-bond acceptors (Lipinski definition) is 5. The Morgan fingerprint density at radius 3 is 2.50 bits per heavy atom. The van der Waals surface area contributed by atoms with E-state index in [-0.39, 0.29) is 11.3 Å². The highest BCUT2D eigenvalue weighted by Crippen LogP contribution is 2.19. The van der Waals surface area contributed by atoms with Crippen LogP contribution in [0.5, 0.6) is 0 Å². The highest BCUT2D eigenvalue weighted by atomic mass is 16.6. The summed E-state index contributed by atoms with van der Waals surface area (Å²) >= 11 is 0. The van der Waals surface area contributed by atoms with Gasteiger partial charge in [0, 0.05) is 12.1 Å². The predicted octanol–water partition coefficient (Wildman–Crippen LogP) is 3.03. The minimum atomic E-state index is -0.575. The summed E-state index contributed by atoms with van der Waals surface area (Å²) in [6.07, 6.45) is 2.50. The maximum absolute atomic E-state index is 12.0. The number of anilines is 1. The molecule has 122 valence electrons. The zero-order valence-corrected chi connectivity index (χ0v) is 12.8. The Bertz CT molecular complexity index is 814. The molecule has 0 aliphatic heterocycles. The molecule has 0 atom stereocenters. The lowest BCUT2D eigenvalue weighted by Gasteiger charge is -2.07. The van der Waals surface area contributed by atoms with Crippen molar-refractivity contribution in [3.8, 4) is 0 Å². The minimum absolute atomic E-state index is 0.100. The summed E-state index contributed by atoms with van der Waals surface area (Å²) in [5.41, 5.74) is 0.712. The minimum Gasteiger partial charge on any atom is -0.465 e. The number of carbonyl (C=O) groups is 2. The van der Waals surface area contributed by atoms with Crippen molar-refractivity contribution in [1.29, 1.82) is 0 Å². The standard InChI is InChI=1S/C17H14N2O5/c1-24-17(21)13-7-3-4-8-14(13)18-16(20)11-10-12-6-2-5-9-15(12)19(22)23/h2-11H,1H3,(H,18,20)/b11-10+. The molecule has 0 aliphatic rings. The maximum atomic E-state index is 12.0. The van der Waals surface area contributed by atoms with Crippen LogP contribution in [-0.2, 0) is 9.53 Å². The Kier molecular flexibility index (Phi) is 5.40. The van der Waals surface area contributed by atoms with Crippen LogP contribution in [0.1, 0.15) is 15.9 Å². The molecule has 0 fully saturated rings. The summed E-state index contributed by atoms with van der Waals surface area (Å²) in [7, 11) is 1.25. The Morgan fingerprint density at radius 2 is 1.79 bits per heavy atom. The fourth-order valence-electron chi connectivity index (χ4n) is 2.01. The van der Waals surface area contributed by atoms with E-state index in [1.54, 1.807) is 30.3 Å². The number of nitro benzene ring substituents is 1. The summed E-state index contributed by atoms with van der Waals surface area (Å²) in [6, 6.07) is 12.4. The molecule has 0 spiro atoms. The van der Waals surface area contributed by atoms with E-state index in [9.17, 15) is 19.7 Å².